The number of likely N-dealkylation sites (tertiary alicyclic amines) is 1. The Bertz CT molecular complexity index is 364. The number of halogens is 1. The van der Waals surface area contributed by atoms with Gasteiger partial charge in [0.2, 0.25) is 0 Å². The topological polar surface area (TPSA) is 38.5 Å². The van der Waals surface area contributed by atoms with Crippen LogP contribution in [0.25, 0.3) is 0 Å². The summed E-state index contributed by atoms with van der Waals surface area (Å²) in [6, 6.07) is 4.50. The van der Waals surface area contributed by atoms with Crippen LogP contribution < -0.4 is 10.5 Å². The van der Waals surface area contributed by atoms with Crippen LogP contribution >= 0.6 is 0 Å². The molecule has 1 aromatic rings. The molecule has 2 rings (SSSR count). The molecule has 2 N–H and O–H groups in total. The van der Waals surface area contributed by atoms with Crippen LogP contribution in [0.15, 0.2) is 18.2 Å². The van der Waals surface area contributed by atoms with Crippen molar-refractivity contribution in [3.05, 3.63) is 29.6 Å². The molecule has 1 saturated heterocycles. The van der Waals surface area contributed by atoms with Gasteiger partial charge < -0.3 is 10.5 Å². The molecule has 1 fully saturated rings. The Kier molecular flexibility index (Phi) is 4.34. The van der Waals surface area contributed by atoms with Gasteiger partial charge in [-0.3, -0.25) is 4.90 Å². The van der Waals surface area contributed by atoms with E-state index in [4.69, 9.17) is 10.5 Å². The Balaban J connectivity index is 1.85. The van der Waals surface area contributed by atoms with E-state index < -0.39 is 0 Å². The van der Waals surface area contributed by atoms with E-state index in [2.05, 4.69) is 4.90 Å². The Morgan fingerprint density at radius 2 is 2.06 bits per heavy atom. The average molecular weight is 238 g/mol. The van der Waals surface area contributed by atoms with Crippen molar-refractivity contribution in [2.45, 2.75) is 19.4 Å². The van der Waals surface area contributed by atoms with Crippen LogP contribution in [0.2, 0.25) is 0 Å². The normalized spacial score (nSPS) is 16.4. The Morgan fingerprint density at radius 3 is 2.76 bits per heavy atom. The molecule has 94 valence electrons. The molecule has 0 unspecified atom stereocenters. The predicted octanol–water partition coefficient (Wildman–Crippen LogP) is 1.76. The third-order valence-electron chi connectivity index (χ3n) is 3.11. The summed E-state index contributed by atoms with van der Waals surface area (Å²) in [6.45, 7) is 4.20. The van der Waals surface area contributed by atoms with Crippen LogP contribution in [-0.4, -0.2) is 31.1 Å². The van der Waals surface area contributed by atoms with E-state index in [-0.39, 0.29) is 5.82 Å². The van der Waals surface area contributed by atoms with Crippen molar-refractivity contribution < 1.29 is 9.13 Å². The molecule has 17 heavy (non-hydrogen) atoms. The highest BCUT2D eigenvalue weighted by Gasteiger charge is 2.11. The molecule has 1 heterocycles. The van der Waals surface area contributed by atoms with Crippen LogP contribution in [-0.2, 0) is 6.54 Å². The Morgan fingerprint density at radius 1 is 1.29 bits per heavy atom. The quantitative estimate of drug-likeness (QED) is 0.849. The van der Waals surface area contributed by atoms with E-state index in [1.54, 1.807) is 6.07 Å². The van der Waals surface area contributed by atoms with Gasteiger partial charge in [-0.05, 0) is 44.1 Å². The minimum absolute atomic E-state index is 0.266. The van der Waals surface area contributed by atoms with E-state index in [0.29, 0.717) is 18.9 Å². The van der Waals surface area contributed by atoms with Crippen molar-refractivity contribution in [1.29, 1.82) is 0 Å². The van der Waals surface area contributed by atoms with Gasteiger partial charge in [-0.1, -0.05) is 0 Å². The lowest BCUT2D eigenvalue weighted by Crippen LogP contribution is -2.25. The maximum absolute atomic E-state index is 13.0. The molecule has 0 amide bonds. The summed E-state index contributed by atoms with van der Waals surface area (Å²) in [6.07, 6.45) is 2.56. The Labute approximate surface area is 101 Å². The first-order valence-electron chi connectivity index (χ1n) is 6.13. The van der Waals surface area contributed by atoms with E-state index in [9.17, 15) is 4.39 Å². The summed E-state index contributed by atoms with van der Waals surface area (Å²) in [4.78, 5) is 2.38. The molecule has 1 aliphatic rings. The van der Waals surface area contributed by atoms with Crippen LogP contribution in [0.4, 0.5) is 4.39 Å². The lowest BCUT2D eigenvalue weighted by atomic mass is 10.2. The zero-order chi connectivity index (χ0) is 12.1. The molecule has 1 aliphatic heterocycles. The average Bonchev–Trinajstić information content (AvgIpc) is 2.84. The maximum atomic E-state index is 13.0. The lowest BCUT2D eigenvalue weighted by Gasteiger charge is -2.16. The molecule has 0 bridgehead atoms. The van der Waals surface area contributed by atoms with Gasteiger partial charge in [-0.25, -0.2) is 4.39 Å². The second-order valence-electron chi connectivity index (χ2n) is 4.35. The first-order chi connectivity index (χ1) is 8.29. The maximum Gasteiger partial charge on any atom is 0.124 e. The number of benzene rings is 1. The largest absolute Gasteiger partial charge is 0.492 e. The second-order valence-corrected chi connectivity index (χ2v) is 4.35. The van der Waals surface area contributed by atoms with Crippen LogP contribution in [0, 0.1) is 5.82 Å². The molecular formula is C13H19FN2O. The number of nitrogens with two attached hydrogens (primary N) is 1. The van der Waals surface area contributed by atoms with E-state index >= 15 is 0 Å². The summed E-state index contributed by atoms with van der Waals surface area (Å²) in [5, 5.41) is 0. The molecule has 0 atom stereocenters. The van der Waals surface area contributed by atoms with E-state index in [0.717, 1.165) is 25.2 Å². The summed E-state index contributed by atoms with van der Waals surface area (Å²) >= 11 is 0. The summed E-state index contributed by atoms with van der Waals surface area (Å²) in [5.74, 6) is 0.436. The number of rotatable bonds is 5. The van der Waals surface area contributed by atoms with Gasteiger partial charge in [-0.15, -0.1) is 0 Å². The van der Waals surface area contributed by atoms with Crippen molar-refractivity contribution in [3.8, 4) is 5.75 Å². The third-order valence-corrected chi connectivity index (χ3v) is 3.11. The van der Waals surface area contributed by atoms with Crippen LogP contribution in [0.1, 0.15) is 18.4 Å². The lowest BCUT2D eigenvalue weighted by molar-refractivity contribution is 0.236. The van der Waals surface area contributed by atoms with Gasteiger partial charge in [0, 0.05) is 18.7 Å². The molecule has 1 aromatic carbocycles. The molecule has 0 spiro atoms. The summed E-state index contributed by atoms with van der Waals surface area (Å²) in [5.41, 5.74) is 6.28. The Hall–Kier alpha value is -1.13. The van der Waals surface area contributed by atoms with Crippen molar-refractivity contribution >= 4 is 0 Å². The minimum Gasteiger partial charge on any atom is -0.492 e. The number of nitrogens with zero attached hydrogens (tertiary/aromatic N) is 1. The summed E-state index contributed by atoms with van der Waals surface area (Å²) in [7, 11) is 0. The van der Waals surface area contributed by atoms with Crippen molar-refractivity contribution in [2.24, 2.45) is 5.73 Å². The fraction of sp³-hybridized carbons (Fsp3) is 0.538. The number of hydrogen-bond acceptors (Lipinski definition) is 3. The smallest absolute Gasteiger partial charge is 0.124 e. The fourth-order valence-corrected chi connectivity index (χ4v) is 2.14. The third kappa shape index (κ3) is 3.41. The fourth-order valence-electron chi connectivity index (χ4n) is 2.14. The van der Waals surface area contributed by atoms with E-state index in [1.807, 2.05) is 0 Å². The molecule has 0 saturated carbocycles. The highest BCUT2D eigenvalue weighted by Crippen LogP contribution is 2.19. The molecule has 4 heteroatoms. The van der Waals surface area contributed by atoms with Crippen molar-refractivity contribution in [1.82, 2.24) is 4.90 Å². The zero-order valence-electron chi connectivity index (χ0n) is 9.99. The van der Waals surface area contributed by atoms with Crippen molar-refractivity contribution in [3.63, 3.8) is 0 Å². The molecule has 0 aliphatic carbocycles. The van der Waals surface area contributed by atoms with E-state index in [1.165, 1.54) is 25.0 Å². The highest BCUT2D eigenvalue weighted by atomic mass is 19.1. The van der Waals surface area contributed by atoms with Gasteiger partial charge in [-0.2, -0.15) is 0 Å². The molecular weight excluding hydrogens is 219 g/mol. The van der Waals surface area contributed by atoms with Gasteiger partial charge in [0.1, 0.15) is 18.2 Å². The monoisotopic (exact) mass is 238 g/mol. The number of hydrogen-bond donors (Lipinski definition) is 1. The SMILES string of the molecule is NCc1cc(F)ccc1OCCN1CCCC1. The highest BCUT2D eigenvalue weighted by molar-refractivity contribution is 5.33. The van der Waals surface area contributed by atoms with Gasteiger partial charge in [0.25, 0.3) is 0 Å². The zero-order valence-corrected chi connectivity index (χ0v) is 9.99. The predicted molar refractivity (Wildman–Crippen MR) is 65.5 cm³/mol. The van der Waals surface area contributed by atoms with Gasteiger partial charge >= 0.3 is 0 Å². The standard InChI is InChI=1S/C13H19FN2O/c14-12-3-4-13(11(9-12)10-15)17-8-7-16-5-1-2-6-16/h3-4,9H,1-2,5-8,10,15H2. The first kappa shape index (κ1) is 12.3. The van der Waals surface area contributed by atoms with Crippen molar-refractivity contribution in [2.75, 3.05) is 26.2 Å². The minimum atomic E-state index is -0.266. The van der Waals surface area contributed by atoms with Crippen LogP contribution in [0.3, 0.4) is 0 Å². The summed E-state index contributed by atoms with van der Waals surface area (Å²) < 4.78 is 18.6. The van der Waals surface area contributed by atoms with Gasteiger partial charge in [0.05, 0.1) is 0 Å². The van der Waals surface area contributed by atoms with Crippen LogP contribution in [0.5, 0.6) is 5.75 Å². The first-order valence-corrected chi connectivity index (χ1v) is 6.13. The number of ether oxygens (including phenoxy) is 1. The molecule has 0 radical (unpaired) electrons. The molecule has 3 nitrogen and oxygen atoms in total. The molecule has 0 aromatic heterocycles. The second kappa shape index (κ2) is 5.98. The van der Waals surface area contributed by atoms with Gasteiger partial charge in [0.15, 0.2) is 0 Å².